The van der Waals surface area contributed by atoms with Gasteiger partial charge in [-0.2, -0.15) is 0 Å². The van der Waals surface area contributed by atoms with E-state index < -0.39 is 10.0 Å². The Kier molecular flexibility index (Phi) is 5.29. The lowest BCUT2D eigenvalue weighted by molar-refractivity contribution is 0.603. The Labute approximate surface area is 158 Å². The van der Waals surface area contributed by atoms with Crippen LogP contribution in [0.3, 0.4) is 0 Å². The number of hydrogen-bond acceptors (Lipinski definition) is 5. The molecule has 0 spiro atoms. The Morgan fingerprint density at radius 2 is 1.77 bits per heavy atom. The van der Waals surface area contributed by atoms with E-state index in [1.807, 2.05) is 45.0 Å². The average Bonchev–Trinajstić information content (AvgIpc) is 3.10. The highest BCUT2D eigenvalue weighted by Gasteiger charge is 2.17. The summed E-state index contributed by atoms with van der Waals surface area (Å²) < 4.78 is 27.8. The zero-order valence-corrected chi connectivity index (χ0v) is 16.5. The van der Waals surface area contributed by atoms with Gasteiger partial charge in [0.05, 0.1) is 11.9 Å². The zero-order valence-electron chi connectivity index (χ0n) is 14.9. The first-order valence-electron chi connectivity index (χ1n) is 8.30. The number of hydrogen-bond donors (Lipinski definition) is 2. The van der Waals surface area contributed by atoms with Crippen LogP contribution in [0.15, 0.2) is 52.9 Å². The molecule has 0 saturated heterocycles. The number of rotatable bonds is 6. The Hall–Kier alpha value is -2.38. The second-order valence-electron chi connectivity index (χ2n) is 6.00. The number of nitrogens with one attached hydrogen (secondary N) is 2. The molecule has 0 fully saturated rings. The maximum Gasteiger partial charge on any atom is 0.271 e. The van der Waals surface area contributed by atoms with Crippen LogP contribution < -0.4 is 10.0 Å². The molecule has 0 saturated carbocycles. The van der Waals surface area contributed by atoms with E-state index in [0.29, 0.717) is 15.7 Å². The van der Waals surface area contributed by atoms with Gasteiger partial charge < -0.3 is 5.32 Å². The lowest BCUT2D eigenvalue weighted by atomic mass is 10.1. The van der Waals surface area contributed by atoms with E-state index in [4.69, 9.17) is 0 Å². The molecule has 3 rings (SSSR count). The number of aryl methyl sites for hydroxylation is 3. The first kappa shape index (κ1) is 18.4. The highest BCUT2D eigenvalue weighted by atomic mass is 32.2. The molecule has 1 aromatic carbocycles. The number of thiophene rings is 1. The van der Waals surface area contributed by atoms with Crippen LogP contribution in [0.5, 0.6) is 0 Å². The van der Waals surface area contributed by atoms with Crippen LogP contribution in [-0.4, -0.2) is 13.4 Å². The molecule has 26 heavy (non-hydrogen) atoms. The molecule has 0 aliphatic rings. The van der Waals surface area contributed by atoms with Gasteiger partial charge in [0.25, 0.3) is 10.0 Å². The summed E-state index contributed by atoms with van der Waals surface area (Å²) in [5.74, 6) is 0.662. The quantitative estimate of drug-likeness (QED) is 0.633. The summed E-state index contributed by atoms with van der Waals surface area (Å²) in [5.41, 5.74) is 3.70. The summed E-state index contributed by atoms with van der Waals surface area (Å²) in [7, 11) is -3.58. The normalized spacial score (nSPS) is 11.3. The fourth-order valence-corrected chi connectivity index (χ4v) is 4.90. The molecule has 2 heterocycles. The van der Waals surface area contributed by atoms with Crippen molar-refractivity contribution in [3.8, 4) is 0 Å². The van der Waals surface area contributed by atoms with Crippen molar-refractivity contribution in [2.75, 3.05) is 10.0 Å². The summed E-state index contributed by atoms with van der Waals surface area (Å²) in [6.45, 7) is 6.06. The number of aromatic nitrogens is 1. The Balaban J connectivity index is 1.75. The lowest BCUT2D eigenvalue weighted by Gasteiger charge is -2.12. The van der Waals surface area contributed by atoms with Crippen molar-refractivity contribution in [2.45, 2.75) is 31.4 Å². The van der Waals surface area contributed by atoms with Gasteiger partial charge in [-0.15, -0.1) is 11.3 Å². The summed E-state index contributed by atoms with van der Waals surface area (Å²) in [6, 6.07) is 13.0. The van der Waals surface area contributed by atoms with E-state index in [2.05, 4.69) is 15.0 Å². The first-order valence-corrected chi connectivity index (χ1v) is 10.6. The topological polar surface area (TPSA) is 71.1 Å². The first-order chi connectivity index (χ1) is 12.4. The summed E-state index contributed by atoms with van der Waals surface area (Å²) in [5, 5.41) is 3.29. The van der Waals surface area contributed by atoms with E-state index in [0.717, 1.165) is 28.1 Å². The third kappa shape index (κ3) is 4.05. The van der Waals surface area contributed by atoms with Crippen LogP contribution in [0.25, 0.3) is 0 Å². The van der Waals surface area contributed by atoms with Crippen molar-refractivity contribution in [2.24, 2.45) is 0 Å². The van der Waals surface area contributed by atoms with Crippen molar-refractivity contribution in [3.05, 3.63) is 64.7 Å². The molecule has 2 N–H and O–H groups in total. The zero-order chi connectivity index (χ0) is 18.7. The minimum atomic E-state index is -3.58. The van der Waals surface area contributed by atoms with E-state index >= 15 is 0 Å². The van der Waals surface area contributed by atoms with Gasteiger partial charge in [-0.3, -0.25) is 4.72 Å². The molecule has 3 aromatic rings. The maximum atomic E-state index is 12.5. The Morgan fingerprint density at radius 3 is 2.35 bits per heavy atom. The smallest absolute Gasteiger partial charge is 0.271 e. The van der Waals surface area contributed by atoms with Gasteiger partial charge in [0.15, 0.2) is 0 Å². The van der Waals surface area contributed by atoms with Crippen molar-refractivity contribution in [1.29, 1.82) is 0 Å². The predicted octanol–water partition coefficient (Wildman–Crippen LogP) is 4.87. The minimum absolute atomic E-state index is 0.312. The van der Waals surface area contributed by atoms with Crippen LogP contribution in [0.1, 0.15) is 22.9 Å². The Bertz CT molecular complexity index is 989. The Morgan fingerprint density at radius 1 is 1.04 bits per heavy atom. The fraction of sp³-hybridized carbons (Fsp3) is 0.211. The molecule has 0 atom stereocenters. The largest absolute Gasteiger partial charge is 0.340 e. The standard InChI is InChI=1S/C19H21N3O2S2/c1-4-16-9-11-18(25-16)26(23,24)22-15-8-10-17(20-12-15)21-19-13(2)6-5-7-14(19)3/h5-12,22H,4H2,1-3H3,(H,20,21). The highest BCUT2D eigenvalue weighted by Crippen LogP contribution is 2.26. The number of benzene rings is 1. The predicted molar refractivity (Wildman–Crippen MR) is 108 cm³/mol. The average molecular weight is 388 g/mol. The van der Waals surface area contributed by atoms with E-state index in [-0.39, 0.29) is 0 Å². The van der Waals surface area contributed by atoms with Crippen molar-refractivity contribution >= 4 is 38.6 Å². The summed E-state index contributed by atoms with van der Waals surface area (Å²) in [4.78, 5) is 5.36. The van der Waals surface area contributed by atoms with Crippen LogP contribution in [-0.2, 0) is 16.4 Å². The van der Waals surface area contributed by atoms with Gasteiger partial charge in [0.1, 0.15) is 10.0 Å². The van der Waals surface area contributed by atoms with Crippen LogP contribution in [0.4, 0.5) is 17.2 Å². The molecule has 136 valence electrons. The fourth-order valence-electron chi connectivity index (χ4n) is 2.57. The molecule has 0 radical (unpaired) electrons. The molecule has 0 amide bonds. The number of pyridine rings is 1. The monoisotopic (exact) mass is 387 g/mol. The van der Waals surface area contributed by atoms with Crippen molar-refractivity contribution in [3.63, 3.8) is 0 Å². The number of nitrogens with zero attached hydrogens (tertiary/aromatic N) is 1. The molecule has 7 heteroatoms. The van der Waals surface area contributed by atoms with Crippen LogP contribution in [0.2, 0.25) is 0 Å². The van der Waals surface area contributed by atoms with E-state index in [1.165, 1.54) is 17.5 Å². The van der Waals surface area contributed by atoms with E-state index in [1.54, 1.807) is 18.2 Å². The molecule has 0 aliphatic carbocycles. The van der Waals surface area contributed by atoms with Gasteiger partial charge >= 0.3 is 0 Å². The molecule has 2 aromatic heterocycles. The molecule has 5 nitrogen and oxygen atoms in total. The molecule has 0 unspecified atom stereocenters. The van der Waals surface area contributed by atoms with Gasteiger partial charge in [-0.1, -0.05) is 25.1 Å². The van der Waals surface area contributed by atoms with E-state index in [9.17, 15) is 8.42 Å². The maximum absolute atomic E-state index is 12.5. The van der Waals surface area contributed by atoms with Crippen molar-refractivity contribution < 1.29 is 8.42 Å². The third-order valence-electron chi connectivity index (χ3n) is 4.00. The molecule has 0 bridgehead atoms. The minimum Gasteiger partial charge on any atom is -0.340 e. The van der Waals surface area contributed by atoms with Crippen LogP contribution >= 0.6 is 11.3 Å². The summed E-state index contributed by atoms with van der Waals surface area (Å²) >= 11 is 1.28. The van der Waals surface area contributed by atoms with Gasteiger partial charge in [-0.05, 0) is 55.7 Å². The van der Waals surface area contributed by atoms with Gasteiger partial charge in [0, 0.05) is 10.6 Å². The number of para-hydroxylation sites is 1. The SMILES string of the molecule is CCc1ccc(S(=O)(=O)Nc2ccc(Nc3c(C)cccc3C)nc2)s1. The number of sulfonamides is 1. The lowest BCUT2D eigenvalue weighted by Crippen LogP contribution is -2.11. The number of anilines is 3. The summed E-state index contributed by atoms with van der Waals surface area (Å²) in [6.07, 6.45) is 2.34. The van der Waals surface area contributed by atoms with Crippen molar-refractivity contribution in [1.82, 2.24) is 4.98 Å². The second-order valence-corrected chi connectivity index (χ2v) is 9.08. The molecular weight excluding hydrogens is 366 g/mol. The third-order valence-corrected chi connectivity index (χ3v) is 7.10. The second kappa shape index (κ2) is 7.47. The van der Waals surface area contributed by atoms with Gasteiger partial charge in [0.2, 0.25) is 0 Å². The molecular formula is C19H21N3O2S2. The molecule has 0 aliphatic heterocycles. The highest BCUT2D eigenvalue weighted by molar-refractivity contribution is 7.94. The van der Waals surface area contributed by atoms with Gasteiger partial charge in [-0.25, -0.2) is 13.4 Å². The van der Waals surface area contributed by atoms with Crippen LogP contribution in [0, 0.1) is 13.8 Å².